The van der Waals surface area contributed by atoms with Gasteiger partial charge in [-0.25, -0.2) is 4.79 Å². The first kappa shape index (κ1) is 23.3. The Labute approximate surface area is 195 Å². The second-order valence-electron chi connectivity index (χ2n) is 7.26. The van der Waals surface area contributed by atoms with Crippen molar-refractivity contribution in [3.8, 4) is 5.75 Å². The van der Waals surface area contributed by atoms with Gasteiger partial charge in [0, 0.05) is 42.6 Å². The van der Waals surface area contributed by atoms with Crippen LogP contribution in [0.25, 0.3) is 11.0 Å². The Hall–Kier alpha value is -2.35. The van der Waals surface area contributed by atoms with Crippen LogP contribution in [0.3, 0.4) is 0 Å². The van der Waals surface area contributed by atoms with Crippen LogP contribution in [0, 0.1) is 0 Å². The first-order valence-corrected chi connectivity index (χ1v) is 10.8. The van der Waals surface area contributed by atoms with Crippen LogP contribution in [0.1, 0.15) is 22.8 Å². The molecular weight excluding hydrogens is 484 g/mol. The van der Waals surface area contributed by atoms with Crippen molar-refractivity contribution in [2.24, 2.45) is 0 Å². The lowest BCUT2D eigenvalue weighted by atomic mass is 10.1. The van der Waals surface area contributed by atoms with Gasteiger partial charge >= 0.3 is 5.63 Å². The summed E-state index contributed by atoms with van der Waals surface area (Å²) in [4.78, 5) is 29.6. The first-order valence-electron chi connectivity index (χ1n) is 10.0. The number of hydrogen-bond donors (Lipinski definition) is 0. The molecule has 1 aromatic heterocycles. The lowest BCUT2D eigenvalue weighted by molar-refractivity contribution is -0.0000181. The van der Waals surface area contributed by atoms with E-state index in [1.807, 2.05) is 31.2 Å². The van der Waals surface area contributed by atoms with E-state index in [1.54, 1.807) is 17.0 Å². The maximum absolute atomic E-state index is 13.0. The summed E-state index contributed by atoms with van der Waals surface area (Å²) in [5.41, 5.74) is 1.03. The van der Waals surface area contributed by atoms with Gasteiger partial charge in [0.25, 0.3) is 5.91 Å². The molecule has 3 aromatic rings. The van der Waals surface area contributed by atoms with Crippen LogP contribution in [-0.4, -0.2) is 48.5 Å². The summed E-state index contributed by atoms with van der Waals surface area (Å²) in [6.07, 6.45) is 0. The van der Waals surface area contributed by atoms with Crippen LogP contribution in [0.4, 0.5) is 0 Å². The Morgan fingerprint density at radius 2 is 1.81 bits per heavy atom. The number of halogens is 2. The van der Waals surface area contributed by atoms with E-state index < -0.39 is 5.63 Å². The molecule has 2 aromatic carbocycles. The van der Waals surface area contributed by atoms with E-state index in [4.69, 9.17) is 9.15 Å². The minimum absolute atomic E-state index is 0. The Balaban J connectivity index is 0.00000272. The van der Waals surface area contributed by atoms with Crippen LogP contribution < -0.4 is 22.8 Å². The minimum atomic E-state index is -0.637. The van der Waals surface area contributed by atoms with Gasteiger partial charge in [-0.05, 0) is 30.7 Å². The molecule has 0 unspecified atom stereocenters. The molecule has 1 amide bonds. The third kappa shape index (κ3) is 5.29. The third-order valence-electron chi connectivity index (χ3n) is 5.20. The lowest BCUT2D eigenvalue weighted by Crippen LogP contribution is -3.00. The highest BCUT2D eigenvalue weighted by atomic mass is 79.9. The van der Waals surface area contributed by atoms with Crippen LogP contribution in [0.5, 0.6) is 5.75 Å². The number of carbonyl (C=O) groups excluding carboxylic acids is 1. The topological polar surface area (TPSA) is 63.0 Å². The Morgan fingerprint density at radius 1 is 1.10 bits per heavy atom. The minimum Gasteiger partial charge on any atom is -1.00 e. The number of rotatable bonds is 5. The fraction of sp³-hybridized carbons (Fsp3) is 0.304. The third-order valence-corrected chi connectivity index (χ3v) is 5.66. The molecule has 8 heteroatoms. The van der Waals surface area contributed by atoms with E-state index in [0.717, 1.165) is 24.1 Å². The summed E-state index contributed by atoms with van der Waals surface area (Å²) in [7, 11) is 0. The van der Waals surface area contributed by atoms with E-state index in [9.17, 15) is 9.59 Å². The molecule has 0 N–H and O–H groups in total. The summed E-state index contributed by atoms with van der Waals surface area (Å²) in [6, 6.07) is 15.4. The predicted molar refractivity (Wildman–Crippen MR) is 119 cm³/mol. The molecule has 1 saturated heterocycles. The van der Waals surface area contributed by atoms with Crippen molar-refractivity contribution in [2.75, 3.05) is 32.8 Å². The molecule has 6 nitrogen and oxygen atoms in total. The quantitative estimate of drug-likeness (QED) is 0.482. The molecule has 0 radical (unpaired) electrons. The maximum atomic E-state index is 13.0. The van der Waals surface area contributed by atoms with Gasteiger partial charge in [-0.3, -0.25) is 9.69 Å². The van der Waals surface area contributed by atoms with Crippen molar-refractivity contribution in [3.63, 3.8) is 0 Å². The van der Waals surface area contributed by atoms with E-state index in [-0.39, 0.29) is 23.9 Å². The summed E-state index contributed by atoms with van der Waals surface area (Å²) >= 11 is 3.44. The molecule has 0 atom stereocenters. The average molecular weight is 507 g/mol. The number of amides is 1. The van der Waals surface area contributed by atoms with E-state index in [0.29, 0.717) is 36.4 Å². The second-order valence-corrected chi connectivity index (χ2v) is 8.17. The smallest absolute Gasteiger partial charge is 0.349 e. The summed E-state index contributed by atoms with van der Waals surface area (Å²) < 4.78 is 11.8. The zero-order valence-electron chi connectivity index (χ0n) is 17.1. The van der Waals surface area contributed by atoms with Gasteiger partial charge in [0.05, 0.1) is 6.61 Å². The maximum Gasteiger partial charge on any atom is 0.349 e. The molecule has 164 valence electrons. The average Bonchev–Trinajstić information content (AvgIpc) is 2.75. The number of benzene rings is 2. The zero-order chi connectivity index (χ0) is 21.1. The first-order chi connectivity index (χ1) is 14.5. The molecule has 31 heavy (non-hydrogen) atoms. The van der Waals surface area contributed by atoms with Crippen molar-refractivity contribution in [1.29, 1.82) is 0 Å². The van der Waals surface area contributed by atoms with Crippen molar-refractivity contribution in [1.82, 2.24) is 9.80 Å². The van der Waals surface area contributed by atoms with E-state index in [2.05, 4.69) is 33.0 Å². The van der Waals surface area contributed by atoms with Crippen LogP contribution in [0.2, 0.25) is 0 Å². The predicted octanol–water partition coefficient (Wildman–Crippen LogP) is 0.916. The van der Waals surface area contributed by atoms with Gasteiger partial charge in [0.2, 0.25) is 0 Å². The summed E-state index contributed by atoms with van der Waals surface area (Å²) in [5, 5.41) is 0.651. The molecule has 2 heterocycles. The Kier molecular flexibility index (Phi) is 7.75. The van der Waals surface area contributed by atoms with Gasteiger partial charge in [-0.2, -0.15) is 0 Å². The molecule has 0 aliphatic carbocycles. The standard InChI is InChI=1S/C23H23BrN2O4.ClH/c1-2-29-20-14-18(24)12-17-13-19(23(28)30-21(17)20)22(27)26-10-8-25(9-11-26)15-16-6-4-3-5-7-16;/h3-7,12-14H,2,8-11,15H2,1H3;1H/p-1. The Bertz CT molecular complexity index is 1110. The van der Waals surface area contributed by atoms with E-state index >= 15 is 0 Å². The molecule has 0 bridgehead atoms. The van der Waals surface area contributed by atoms with Gasteiger partial charge in [-0.1, -0.05) is 46.3 Å². The second kappa shape index (κ2) is 10.3. The van der Waals surface area contributed by atoms with Crippen molar-refractivity contribution in [3.05, 3.63) is 74.6 Å². The SMILES string of the molecule is CCOc1cc(Br)cc2cc(C(=O)N3CCN(Cc4ccccc4)CC3)c(=O)oc12.[Cl-]. The van der Waals surface area contributed by atoms with Crippen molar-refractivity contribution < 1.29 is 26.4 Å². The fourth-order valence-electron chi connectivity index (χ4n) is 3.70. The van der Waals surface area contributed by atoms with Crippen LogP contribution in [-0.2, 0) is 6.54 Å². The summed E-state index contributed by atoms with van der Waals surface area (Å²) in [5.74, 6) is 0.190. The highest BCUT2D eigenvalue weighted by molar-refractivity contribution is 9.10. The monoisotopic (exact) mass is 505 g/mol. The summed E-state index contributed by atoms with van der Waals surface area (Å²) in [6.45, 7) is 5.84. The molecule has 1 aliphatic rings. The van der Waals surface area contributed by atoms with Gasteiger partial charge < -0.3 is 26.5 Å². The molecule has 0 spiro atoms. The number of nitrogens with zero attached hydrogens (tertiary/aromatic N) is 2. The van der Waals surface area contributed by atoms with Gasteiger partial charge in [0.15, 0.2) is 11.3 Å². The Morgan fingerprint density at radius 3 is 2.48 bits per heavy atom. The molecular formula is C23H23BrClN2O4-. The van der Waals surface area contributed by atoms with Gasteiger partial charge in [-0.15, -0.1) is 0 Å². The molecule has 1 fully saturated rings. The van der Waals surface area contributed by atoms with Crippen molar-refractivity contribution >= 4 is 32.8 Å². The fourth-order valence-corrected chi connectivity index (χ4v) is 4.15. The molecule has 1 aliphatic heterocycles. The number of fused-ring (bicyclic) bond motifs is 1. The zero-order valence-corrected chi connectivity index (χ0v) is 19.5. The number of hydrogen-bond acceptors (Lipinski definition) is 5. The number of piperazine rings is 1. The van der Waals surface area contributed by atoms with E-state index in [1.165, 1.54) is 5.56 Å². The highest BCUT2D eigenvalue weighted by Gasteiger charge is 2.25. The van der Waals surface area contributed by atoms with Crippen LogP contribution in [0.15, 0.2) is 62.2 Å². The number of ether oxygens (including phenoxy) is 1. The normalized spacial score (nSPS) is 14.3. The molecule has 4 rings (SSSR count). The largest absolute Gasteiger partial charge is 1.00 e. The van der Waals surface area contributed by atoms with Crippen LogP contribution >= 0.6 is 15.9 Å². The van der Waals surface area contributed by atoms with Gasteiger partial charge in [0.1, 0.15) is 5.56 Å². The molecule has 0 saturated carbocycles. The highest BCUT2D eigenvalue weighted by Crippen LogP contribution is 2.30. The van der Waals surface area contributed by atoms with Crippen molar-refractivity contribution in [2.45, 2.75) is 13.5 Å². The lowest BCUT2D eigenvalue weighted by Gasteiger charge is -2.34. The number of carbonyl (C=O) groups is 1.